The molecule has 11 heavy (non-hydrogen) atoms. The molecule has 0 bridgehead atoms. The van der Waals surface area contributed by atoms with Crippen LogP contribution in [0.2, 0.25) is 0 Å². The van der Waals surface area contributed by atoms with E-state index in [0.29, 0.717) is 4.75 Å². The average molecular weight is 173 g/mol. The predicted octanol–water partition coefficient (Wildman–Crippen LogP) is 1.41. The molecule has 1 aliphatic carbocycles. The standard InChI is InChI=1S/C8H15NOS/c1-7(10)9-6-8(11-2)4-3-5-8/h3-6H2,1-2H3,(H,9,10). The number of carbonyl (C=O) groups is 1. The van der Waals surface area contributed by atoms with Crippen LogP contribution in [0.4, 0.5) is 0 Å². The highest BCUT2D eigenvalue weighted by Crippen LogP contribution is 2.41. The van der Waals surface area contributed by atoms with Gasteiger partial charge in [-0.3, -0.25) is 4.79 Å². The Morgan fingerprint density at radius 2 is 2.27 bits per heavy atom. The van der Waals surface area contributed by atoms with Crippen molar-refractivity contribution in [2.24, 2.45) is 0 Å². The smallest absolute Gasteiger partial charge is 0.216 e. The molecule has 0 aromatic heterocycles. The van der Waals surface area contributed by atoms with Crippen LogP contribution in [0.3, 0.4) is 0 Å². The summed E-state index contributed by atoms with van der Waals surface area (Å²) in [4.78, 5) is 10.6. The molecule has 2 nitrogen and oxygen atoms in total. The lowest BCUT2D eigenvalue weighted by atomic mass is 9.84. The second-order valence-corrected chi connectivity index (χ2v) is 4.42. The SMILES string of the molecule is CSC1(CNC(C)=O)CCC1. The third-order valence-corrected chi connectivity index (χ3v) is 3.78. The Hall–Kier alpha value is -0.180. The summed E-state index contributed by atoms with van der Waals surface area (Å²) in [5.74, 6) is 0.0883. The van der Waals surface area contributed by atoms with E-state index in [0.717, 1.165) is 6.54 Å². The first-order valence-corrected chi connectivity index (χ1v) is 5.21. The molecule has 0 aliphatic heterocycles. The Bertz CT molecular complexity index is 149. The Kier molecular flexibility index (Phi) is 2.82. The number of carbonyl (C=O) groups excluding carboxylic acids is 1. The van der Waals surface area contributed by atoms with Crippen molar-refractivity contribution in [2.45, 2.75) is 30.9 Å². The lowest BCUT2D eigenvalue weighted by Gasteiger charge is -2.40. The van der Waals surface area contributed by atoms with Gasteiger partial charge in [-0.2, -0.15) is 11.8 Å². The van der Waals surface area contributed by atoms with Crippen LogP contribution in [0.15, 0.2) is 0 Å². The molecule has 3 heteroatoms. The largest absolute Gasteiger partial charge is 0.355 e. The van der Waals surface area contributed by atoms with Crippen molar-refractivity contribution >= 4 is 17.7 Å². The van der Waals surface area contributed by atoms with E-state index in [9.17, 15) is 4.79 Å². The van der Waals surface area contributed by atoms with E-state index in [-0.39, 0.29) is 5.91 Å². The molecule has 1 N–H and O–H groups in total. The lowest BCUT2D eigenvalue weighted by molar-refractivity contribution is -0.119. The van der Waals surface area contributed by atoms with Gasteiger partial charge in [0.15, 0.2) is 0 Å². The minimum absolute atomic E-state index is 0.0883. The zero-order chi connectivity index (χ0) is 8.32. The summed E-state index contributed by atoms with van der Waals surface area (Å²) in [6.07, 6.45) is 5.96. The van der Waals surface area contributed by atoms with Gasteiger partial charge in [0, 0.05) is 18.2 Å². The molecule has 0 aromatic carbocycles. The maximum atomic E-state index is 10.6. The third-order valence-electron chi connectivity index (χ3n) is 2.36. The molecule has 0 aromatic rings. The van der Waals surface area contributed by atoms with Crippen molar-refractivity contribution in [1.29, 1.82) is 0 Å². The van der Waals surface area contributed by atoms with Crippen LogP contribution in [0, 0.1) is 0 Å². The summed E-state index contributed by atoms with van der Waals surface area (Å²) in [5, 5.41) is 2.88. The molecule has 64 valence electrons. The minimum Gasteiger partial charge on any atom is -0.355 e. The number of hydrogen-bond acceptors (Lipinski definition) is 2. The lowest BCUT2D eigenvalue weighted by Crippen LogP contribution is -2.44. The molecule has 1 rings (SSSR count). The van der Waals surface area contributed by atoms with Crippen LogP contribution in [0.25, 0.3) is 0 Å². The Balaban J connectivity index is 2.27. The summed E-state index contributed by atoms with van der Waals surface area (Å²) in [6, 6.07) is 0. The maximum absolute atomic E-state index is 10.6. The van der Waals surface area contributed by atoms with Crippen molar-refractivity contribution in [3.63, 3.8) is 0 Å². The second kappa shape index (κ2) is 3.48. The molecular weight excluding hydrogens is 158 g/mol. The van der Waals surface area contributed by atoms with Crippen molar-refractivity contribution in [2.75, 3.05) is 12.8 Å². The molecule has 1 aliphatic rings. The molecule has 1 saturated carbocycles. The molecule has 0 heterocycles. The molecule has 1 fully saturated rings. The van der Waals surface area contributed by atoms with Gasteiger partial charge >= 0.3 is 0 Å². The van der Waals surface area contributed by atoms with Crippen molar-refractivity contribution < 1.29 is 4.79 Å². The van der Waals surface area contributed by atoms with Crippen molar-refractivity contribution in [3.05, 3.63) is 0 Å². The van der Waals surface area contributed by atoms with Crippen LogP contribution < -0.4 is 5.32 Å². The van der Waals surface area contributed by atoms with E-state index in [2.05, 4.69) is 11.6 Å². The van der Waals surface area contributed by atoms with E-state index in [4.69, 9.17) is 0 Å². The Labute approximate surface area is 72.1 Å². The minimum atomic E-state index is 0.0883. The van der Waals surface area contributed by atoms with E-state index < -0.39 is 0 Å². The van der Waals surface area contributed by atoms with Gasteiger partial charge < -0.3 is 5.32 Å². The third kappa shape index (κ3) is 2.12. The number of nitrogens with one attached hydrogen (secondary N) is 1. The molecule has 0 radical (unpaired) electrons. The van der Waals surface area contributed by atoms with E-state index >= 15 is 0 Å². The quantitative estimate of drug-likeness (QED) is 0.699. The summed E-state index contributed by atoms with van der Waals surface area (Å²) >= 11 is 1.89. The first-order chi connectivity index (χ1) is 5.18. The number of thioether (sulfide) groups is 1. The average Bonchev–Trinajstić information content (AvgIpc) is 1.86. The highest BCUT2D eigenvalue weighted by atomic mass is 32.2. The summed E-state index contributed by atoms with van der Waals surface area (Å²) in [5.41, 5.74) is 0. The zero-order valence-electron chi connectivity index (χ0n) is 7.14. The normalized spacial score (nSPS) is 20.5. The molecule has 0 unspecified atom stereocenters. The zero-order valence-corrected chi connectivity index (χ0v) is 7.96. The highest BCUT2D eigenvalue weighted by molar-refractivity contribution is 8.00. The van der Waals surface area contributed by atoms with Crippen LogP contribution >= 0.6 is 11.8 Å². The first-order valence-electron chi connectivity index (χ1n) is 3.98. The number of amides is 1. The fraction of sp³-hybridized carbons (Fsp3) is 0.875. The van der Waals surface area contributed by atoms with Crippen molar-refractivity contribution in [1.82, 2.24) is 5.32 Å². The van der Waals surface area contributed by atoms with Gasteiger partial charge in [0.1, 0.15) is 0 Å². The second-order valence-electron chi connectivity index (χ2n) is 3.15. The Morgan fingerprint density at radius 3 is 2.55 bits per heavy atom. The summed E-state index contributed by atoms with van der Waals surface area (Å²) < 4.78 is 0.381. The van der Waals surface area contributed by atoms with Crippen LogP contribution in [-0.4, -0.2) is 23.5 Å². The van der Waals surface area contributed by atoms with Gasteiger partial charge in [-0.1, -0.05) is 6.42 Å². The molecular formula is C8H15NOS. The van der Waals surface area contributed by atoms with Gasteiger partial charge in [-0.25, -0.2) is 0 Å². The maximum Gasteiger partial charge on any atom is 0.216 e. The molecule has 1 amide bonds. The van der Waals surface area contributed by atoms with E-state index in [1.807, 2.05) is 11.8 Å². The van der Waals surface area contributed by atoms with Gasteiger partial charge in [0.25, 0.3) is 0 Å². The monoisotopic (exact) mass is 173 g/mol. The van der Waals surface area contributed by atoms with E-state index in [1.54, 1.807) is 6.92 Å². The molecule has 0 spiro atoms. The fourth-order valence-corrected chi connectivity index (χ4v) is 2.22. The van der Waals surface area contributed by atoms with Gasteiger partial charge in [0.05, 0.1) is 0 Å². The van der Waals surface area contributed by atoms with Crippen LogP contribution in [0.5, 0.6) is 0 Å². The number of rotatable bonds is 3. The van der Waals surface area contributed by atoms with Gasteiger partial charge in [0.2, 0.25) is 5.91 Å². The van der Waals surface area contributed by atoms with Gasteiger partial charge in [-0.15, -0.1) is 0 Å². The predicted molar refractivity (Wildman–Crippen MR) is 48.8 cm³/mol. The number of hydrogen-bond donors (Lipinski definition) is 1. The van der Waals surface area contributed by atoms with Crippen LogP contribution in [-0.2, 0) is 4.79 Å². The van der Waals surface area contributed by atoms with Crippen molar-refractivity contribution in [3.8, 4) is 0 Å². The Morgan fingerprint density at radius 1 is 1.64 bits per heavy atom. The topological polar surface area (TPSA) is 29.1 Å². The summed E-state index contributed by atoms with van der Waals surface area (Å²) in [6.45, 7) is 2.43. The van der Waals surface area contributed by atoms with Gasteiger partial charge in [-0.05, 0) is 19.1 Å². The van der Waals surface area contributed by atoms with E-state index in [1.165, 1.54) is 19.3 Å². The first kappa shape index (κ1) is 8.91. The molecule has 0 saturated heterocycles. The highest BCUT2D eigenvalue weighted by Gasteiger charge is 2.35. The molecule has 0 atom stereocenters. The van der Waals surface area contributed by atoms with Crippen LogP contribution in [0.1, 0.15) is 26.2 Å². The summed E-state index contributed by atoms with van der Waals surface area (Å²) in [7, 11) is 0. The fourth-order valence-electron chi connectivity index (χ4n) is 1.31.